The molecule has 2 aromatic rings. The Bertz CT molecular complexity index is 984. The fourth-order valence-electron chi connectivity index (χ4n) is 3.14. The minimum absolute atomic E-state index is 0.113. The van der Waals surface area contributed by atoms with Crippen molar-refractivity contribution < 1.29 is 13.6 Å². The maximum absolute atomic E-state index is 13.1. The van der Waals surface area contributed by atoms with Gasteiger partial charge in [0.05, 0.1) is 16.3 Å². The van der Waals surface area contributed by atoms with Gasteiger partial charge in [0.15, 0.2) is 0 Å². The molecule has 5 nitrogen and oxygen atoms in total. The lowest BCUT2D eigenvalue weighted by Crippen LogP contribution is -2.33. The molecule has 4 rings (SSSR count). The third-order valence-corrected chi connectivity index (χ3v) is 5.38. The van der Waals surface area contributed by atoms with Gasteiger partial charge in [-0.3, -0.25) is 14.5 Å². The van der Waals surface area contributed by atoms with Crippen molar-refractivity contribution in [1.29, 1.82) is 0 Å². The largest absolute Gasteiger partial charge is 0.351 e. The quantitative estimate of drug-likeness (QED) is 0.774. The van der Waals surface area contributed by atoms with Crippen molar-refractivity contribution in [2.24, 2.45) is 13.0 Å². The standard InChI is InChI=1S/C20H19ClF2N4O/c1-27-10-14(16(26-27)18(22)23)19(28)25-11-20(6-7-20)17-15(21)8-13(9-24-17)5-4-12-2-3-12/h8-10,12,18H,2-3,6-7,11H2,1H3,(H,25,28). The monoisotopic (exact) mass is 404 g/mol. The molecule has 8 heteroatoms. The van der Waals surface area contributed by atoms with Crippen LogP contribution in [0.4, 0.5) is 8.78 Å². The number of carbonyl (C=O) groups is 1. The van der Waals surface area contributed by atoms with Crippen LogP contribution in [-0.4, -0.2) is 27.2 Å². The van der Waals surface area contributed by atoms with E-state index in [2.05, 4.69) is 27.2 Å². The van der Waals surface area contributed by atoms with Crippen molar-refractivity contribution in [3.05, 3.63) is 46.0 Å². The van der Waals surface area contributed by atoms with E-state index in [1.165, 1.54) is 17.9 Å². The summed E-state index contributed by atoms with van der Waals surface area (Å²) < 4.78 is 27.3. The molecular weight excluding hydrogens is 386 g/mol. The van der Waals surface area contributed by atoms with E-state index in [1.807, 2.05) is 0 Å². The van der Waals surface area contributed by atoms with Gasteiger partial charge in [-0.05, 0) is 31.7 Å². The number of halogens is 3. The first kappa shape index (κ1) is 18.9. The van der Waals surface area contributed by atoms with E-state index < -0.39 is 18.0 Å². The Balaban J connectivity index is 1.46. The normalized spacial score (nSPS) is 17.2. The number of hydrogen-bond acceptors (Lipinski definition) is 3. The second-order valence-corrected chi connectivity index (χ2v) is 7.87. The van der Waals surface area contributed by atoms with Crippen LogP contribution in [0.2, 0.25) is 5.02 Å². The minimum Gasteiger partial charge on any atom is -0.351 e. The average molecular weight is 405 g/mol. The third kappa shape index (κ3) is 3.88. The number of hydrogen-bond donors (Lipinski definition) is 1. The molecule has 0 unspecified atom stereocenters. The molecule has 0 spiro atoms. The van der Waals surface area contributed by atoms with Gasteiger partial charge in [-0.2, -0.15) is 5.10 Å². The molecule has 1 N–H and O–H groups in total. The van der Waals surface area contributed by atoms with E-state index >= 15 is 0 Å². The highest BCUT2D eigenvalue weighted by atomic mass is 35.5. The first-order valence-corrected chi connectivity index (χ1v) is 9.53. The number of aryl methyl sites for hydroxylation is 1. The predicted octanol–water partition coefficient (Wildman–Crippen LogP) is 3.63. The fraction of sp³-hybridized carbons (Fsp3) is 0.450. The maximum atomic E-state index is 13.1. The van der Waals surface area contributed by atoms with Crippen molar-refractivity contribution in [1.82, 2.24) is 20.1 Å². The highest BCUT2D eigenvalue weighted by Crippen LogP contribution is 2.49. The van der Waals surface area contributed by atoms with Crippen LogP contribution in [0.5, 0.6) is 0 Å². The van der Waals surface area contributed by atoms with Gasteiger partial charge in [-0.15, -0.1) is 0 Å². The number of rotatable bonds is 5. The topological polar surface area (TPSA) is 59.8 Å². The zero-order valence-electron chi connectivity index (χ0n) is 15.3. The molecule has 1 amide bonds. The number of amides is 1. The molecule has 0 aromatic carbocycles. The highest BCUT2D eigenvalue weighted by Gasteiger charge is 2.47. The van der Waals surface area contributed by atoms with E-state index in [-0.39, 0.29) is 17.5 Å². The van der Waals surface area contributed by atoms with E-state index in [4.69, 9.17) is 11.6 Å². The van der Waals surface area contributed by atoms with Crippen molar-refractivity contribution in [3.8, 4) is 11.8 Å². The van der Waals surface area contributed by atoms with Crippen LogP contribution in [0, 0.1) is 17.8 Å². The second-order valence-electron chi connectivity index (χ2n) is 7.46. The third-order valence-electron chi connectivity index (χ3n) is 5.09. The lowest BCUT2D eigenvalue weighted by atomic mass is 10.0. The molecular formula is C20H19ClF2N4O. The minimum atomic E-state index is -2.81. The zero-order chi connectivity index (χ0) is 19.9. The number of aromatic nitrogens is 3. The van der Waals surface area contributed by atoms with Crippen LogP contribution >= 0.6 is 11.6 Å². The predicted molar refractivity (Wildman–Crippen MR) is 100 cm³/mol. The molecule has 28 heavy (non-hydrogen) atoms. The highest BCUT2D eigenvalue weighted by molar-refractivity contribution is 6.31. The molecule has 146 valence electrons. The summed E-state index contributed by atoms with van der Waals surface area (Å²) in [5.41, 5.74) is 0.504. The van der Waals surface area contributed by atoms with Crippen molar-refractivity contribution in [2.45, 2.75) is 37.5 Å². The molecule has 2 heterocycles. The Morgan fingerprint density at radius 3 is 2.82 bits per heavy atom. The van der Waals surface area contributed by atoms with Gasteiger partial charge >= 0.3 is 0 Å². The Labute approximate surface area is 166 Å². The first-order valence-electron chi connectivity index (χ1n) is 9.15. The van der Waals surface area contributed by atoms with Crippen LogP contribution in [0.15, 0.2) is 18.5 Å². The van der Waals surface area contributed by atoms with Crippen molar-refractivity contribution in [2.75, 3.05) is 6.54 Å². The van der Waals surface area contributed by atoms with Gasteiger partial charge < -0.3 is 5.32 Å². The van der Waals surface area contributed by atoms with E-state index in [1.54, 1.807) is 12.3 Å². The summed E-state index contributed by atoms with van der Waals surface area (Å²) in [6.07, 6.45) is 4.14. The zero-order valence-corrected chi connectivity index (χ0v) is 16.1. The fourth-order valence-corrected chi connectivity index (χ4v) is 3.51. The van der Waals surface area contributed by atoms with Crippen molar-refractivity contribution >= 4 is 17.5 Å². The van der Waals surface area contributed by atoms with Gasteiger partial charge in [0.2, 0.25) is 0 Å². The molecule has 2 fully saturated rings. The number of pyridine rings is 1. The number of nitrogens with zero attached hydrogens (tertiary/aromatic N) is 3. The summed E-state index contributed by atoms with van der Waals surface area (Å²) in [4.78, 5) is 16.9. The lowest BCUT2D eigenvalue weighted by molar-refractivity contribution is 0.0935. The summed E-state index contributed by atoms with van der Waals surface area (Å²) >= 11 is 6.43. The maximum Gasteiger partial charge on any atom is 0.282 e. The van der Waals surface area contributed by atoms with Crippen LogP contribution in [0.3, 0.4) is 0 Å². The van der Waals surface area contributed by atoms with E-state index in [0.717, 1.165) is 31.2 Å². The summed E-state index contributed by atoms with van der Waals surface area (Å²) in [5.74, 6) is 6.19. The summed E-state index contributed by atoms with van der Waals surface area (Å²) in [5, 5.41) is 6.93. The van der Waals surface area contributed by atoms with Crippen LogP contribution in [0.25, 0.3) is 0 Å². The van der Waals surface area contributed by atoms with E-state index in [0.29, 0.717) is 16.6 Å². The molecule has 2 aliphatic rings. The molecule has 0 aliphatic heterocycles. The van der Waals surface area contributed by atoms with E-state index in [9.17, 15) is 13.6 Å². The summed E-state index contributed by atoms with van der Waals surface area (Å²) in [6.45, 7) is 0.281. The Morgan fingerprint density at radius 1 is 1.46 bits per heavy atom. The SMILES string of the molecule is Cn1cc(C(=O)NCC2(c3ncc(C#CC4CC4)cc3Cl)CC2)c(C(F)F)n1. The first-order chi connectivity index (χ1) is 13.4. The van der Waals surface area contributed by atoms with Crippen LogP contribution in [0.1, 0.15) is 59.4 Å². The Hall–Kier alpha value is -2.46. The number of carbonyl (C=O) groups excluding carboxylic acids is 1. The smallest absolute Gasteiger partial charge is 0.282 e. The Kier molecular flexibility index (Phi) is 4.84. The number of nitrogens with one attached hydrogen (secondary N) is 1. The molecule has 2 aliphatic carbocycles. The summed E-state index contributed by atoms with van der Waals surface area (Å²) in [6, 6.07) is 1.80. The van der Waals surface area contributed by atoms with Gasteiger partial charge in [0.1, 0.15) is 5.69 Å². The van der Waals surface area contributed by atoms with Crippen molar-refractivity contribution in [3.63, 3.8) is 0 Å². The molecule has 0 radical (unpaired) electrons. The van der Waals surface area contributed by atoms with Gasteiger partial charge in [0.25, 0.3) is 12.3 Å². The second kappa shape index (κ2) is 7.17. The van der Waals surface area contributed by atoms with Gasteiger partial charge in [0, 0.05) is 42.9 Å². The van der Waals surface area contributed by atoms with Gasteiger partial charge in [-0.1, -0.05) is 23.4 Å². The summed E-state index contributed by atoms with van der Waals surface area (Å²) in [7, 11) is 1.50. The Morgan fingerprint density at radius 2 is 2.21 bits per heavy atom. The molecule has 0 atom stereocenters. The lowest BCUT2D eigenvalue weighted by Gasteiger charge is -2.17. The average Bonchev–Trinajstić information content (AvgIpc) is 3.57. The molecule has 2 aromatic heterocycles. The van der Waals surface area contributed by atoms with Crippen LogP contribution < -0.4 is 5.32 Å². The van der Waals surface area contributed by atoms with Crippen LogP contribution in [-0.2, 0) is 12.5 Å². The molecule has 2 saturated carbocycles. The molecule has 0 saturated heterocycles. The molecule has 0 bridgehead atoms. The van der Waals surface area contributed by atoms with Gasteiger partial charge in [-0.25, -0.2) is 8.78 Å². The number of alkyl halides is 2.